The van der Waals surface area contributed by atoms with Gasteiger partial charge in [0.2, 0.25) is 5.82 Å². The Bertz CT molecular complexity index is 394. The fourth-order valence-electron chi connectivity index (χ4n) is 1.72. The van der Waals surface area contributed by atoms with Gasteiger partial charge in [-0.1, -0.05) is 6.92 Å². The highest BCUT2D eigenvalue weighted by Gasteiger charge is 2.24. The van der Waals surface area contributed by atoms with E-state index in [0.717, 1.165) is 0 Å². The molecule has 0 fully saturated rings. The molecule has 1 amide bonds. The molecule has 7 heteroatoms. The van der Waals surface area contributed by atoms with Crippen LogP contribution in [0, 0.1) is 0 Å². The molecule has 1 heterocycles. The van der Waals surface area contributed by atoms with Crippen LogP contribution in [0.1, 0.15) is 30.3 Å². The average Bonchev–Trinajstić information content (AvgIpc) is 2.88. The number of amides is 1. The van der Waals surface area contributed by atoms with Crippen molar-refractivity contribution < 1.29 is 14.3 Å². The van der Waals surface area contributed by atoms with E-state index in [2.05, 4.69) is 15.2 Å². The molecule has 0 saturated carbocycles. The predicted molar refractivity (Wildman–Crippen MR) is 70.0 cm³/mol. The first kappa shape index (κ1) is 15.6. The second-order valence-electron chi connectivity index (χ2n) is 4.25. The molecular formula is C12H22N4O3. The van der Waals surface area contributed by atoms with Crippen LogP contribution in [0.25, 0.3) is 0 Å². The molecule has 0 spiro atoms. The second-order valence-corrected chi connectivity index (χ2v) is 4.25. The predicted octanol–water partition coefficient (Wildman–Crippen LogP) is 0.491. The van der Waals surface area contributed by atoms with Gasteiger partial charge in [0.1, 0.15) is 5.82 Å². The Hall–Kier alpha value is -1.47. The molecule has 1 aromatic heterocycles. The number of rotatable bonds is 8. The number of hydrogen-bond acceptors (Lipinski definition) is 5. The Kier molecular flexibility index (Phi) is 6.44. The molecule has 0 radical (unpaired) electrons. The largest absolute Gasteiger partial charge is 0.383 e. The zero-order valence-corrected chi connectivity index (χ0v) is 12.0. The first-order valence-electron chi connectivity index (χ1n) is 6.34. The lowest BCUT2D eigenvalue weighted by Gasteiger charge is -2.27. The third-order valence-electron chi connectivity index (χ3n) is 2.80. The lowest BCUT2D eigenvalue weighted by molar-refractivity contribution is 0.0469. The molecule has 0 aromatic carbocycles. The summed E-state index contributed by atoms with van der Waals surface area (Å²) in [5, 5.41) is 6.70. The summed E-state index contributed by atoms with van der Waals surface area (Å²) in [5.41, 5.74) is 0. The highest BCUT2D eigenvalue weighted by molar-refractivity contribution is 5.90. The fraction of sp³-hybridized carbons (Fsp3) is 0.750. The number of ether oxygens (including phenoxy) is 2. The van der Waals surface area contributed by atoms with Crippen LogP contribution in [0.15, 0.2) is 0 Å². The van der Waals surface area contributed by atoms with Gasteiger partial charge in [-0.2, -0.15) is 0 Å². The normalized spacial score (nSPS) is 12.4. The quantitative estimate of drug-likeness (QED) is 0.743. The van der Waals surface area contributed by atoms with Gasteiger partial charge in [0.15, 0.2) is 0 Å². The maximum atomic E-state index is 12.4. The smallest absolute Gasteiger partial charge is 0.293 e. The standard InChI is InChI=1S/C12H22N4O3/c1-5-10-13-11(15-14-10)12(17)16(6-7-18-3)9(2)8-19-4/h9H,5-8H2,1-4H3,(H,13,14,15). The van der Waals surface area contributed by atoms with Gasteiger partial charge in [-0.15, -0.1) is 5.10 Å². The number of aromatic nitrogens is 3. The maximum Gasteiger partial charge on any atom is 0.293 e. The van der Waals surface area contributed by atoms with Gasteiger partial charge in [0, 0.05) is 27.2 Å². The number of hydrogen-bond donors (Lipinski definition) is 1. The minimum absolute atomic E-state index is 0.0590. The molecule has 108 valence electrons. The van der Waals surface area contributed by atoms with Crippen molar-refractivity contribution in [2.24, 2.45) is 0 Å². The molecule has 0 bridgehead atoms. The van der Waals surface area contributed by atoms with Crippen molar-refractivity contribution in [3.63, 3.8) is 0 Å². The monoisotopic (exact) mass is 270 g/mol. The second kappa shape index (κ2) is 7.85. The lowest BCUT2D eigenvalue weighted by atomic mass is 10.3. The SMILES string of the molecule is CCc1nc(C(=O)N(CCOC)C(C)COC)n[nH]1. The van der Waals surface area contributed by atoms with Crippen LogP contribution in [0.4, 0.5) is 0 Å². The van der Waals surface area contributed by atoms with Gasteiger partial charge in [-0.05, 0) is 6.92 Å². The maximum absolute atomic E-state index is 12.4. The van der Waals surface area contributed by atoms with Crippen LogP contribution >= 0.6 is 0 Å². The summed E-state index contributed by atoms with van der Waals surface area (Å²) in [5.74, 6) is 0.683. The summed E-state index contributed by atoms with van der Waals surface area (Å²) in [4.78, 5) is 18.2. The van der Waals surface area contributed by atoms with Crippen LogP contribution in [0.2, 0.25) is 0 Å². The van der Waals surface area contributed by atoms with E-state index in [1.54, 1.807) is 19.1 Å². The van der Waals surface area contributed by atoms with Crippen LogP contribution in [-0.4, -0.2) is 66.0 Å². The van der Waals surface area contributed by atoms with Crippen molar-refractivity contribution in [3.05, 3.63) is 11.6 Å². The Morgan fingerprint density at radius 3 is 2.68 bits per heavy atom. The average molecular weight is 270 g/mol. The van der Waals surface area contributed by atoms with Crippen LogP contribution in [0.3, 0.4) is 0 Å². The molecule has 0 saturated heterocycles. The van der Waals surface area contributed by atoms with Gasteiger partial charge in [0.05, 0.1) is 19.3 Å². The van der Waals surface area contributed by atoms with Crippen LogP contribution in [-0.2, 0) is 15.9 Å². The molecule has 1 unspecified atom stereocenters. The van der Waals surface area contributed by atoms with E-state index in [9.17, 15) is 4.79 Å². The number of nitrogens with zero attached hydrogens (tertiary/aromatic N) is 3. The van der Waals surface area contributed by atoms with E-state index in [1.165, 1.54) is 0 Å². The number of aryl methyl sites for hydroxylation is 1. The zero-order chi connectivity index (χ0) is 14.3. The Labute approximate surface area is 113 Å². The summed E-state index contributed by atoms with van der Waals surface area (Å²) in [6.07, 6.45) is 0.714. The summed E-state index contributed by atoms with van der Waals surface area (Å²) >= 11 is 0. The Morgan fingerprint density at radius 1 is 1.42 bits per heavy atom. The van der Waals surface area contributed by atoms with E-state index in [0.29, 0.717) is 32.0 Å². The topological polar surface area (TPSA) is 80.3 Å². The Morgan fingerprint density at radius 2 is 2.16 bits per heavy atom. The third-order valence-corrected chi connectivity index (χ3v) is 2.80. The van der Waals surface area contributed by atoms with E-state index in [1.807, 2.05) is 13.8 Å². The molecule has 1 N–H and O–H groups in total. The first-order valence-corrected chi connectivity index (χ1v) is 6.34. The van der Waals surface area contributed by atoms with Crippen molar-refractivity contribution in [1.29, 1.82) is 0 Å². The number of nitrogens with one attached hydrogen (secondary N) is 1. The van der Waals surface area contributed by atoms with Crippen molar-refractivity contribution in [1.82, 2.24) is 20.1 Å². The van der Waals surface area contributed by atoms with Crippen molar-refractivity contribution in [2.75, 3.05) is 34.0 Å². The van der Waals surface area contributed by atoms with Crippen molar-refractivity contribution >= 4 is 5.91 Å². The number of methoxy groups -OCH3 is 2. The molecule has 1 rings (SSSR count). The Balaban J connectivity index is 2.80. The van der Waals surface area contributed by atoms with Gasteiger partial charge in [0.25, 0.3) is 5.91 Å². The molecule has 7 nitrogen and oxygen atoms in total. The van der Waals surface area contributed by atoms with Gasteiger partial charge in [-0.3, -0.25) is 9.89 Å². The minimum Gasteiger partial charge on any atom is -0.383 e. The van der Waals surface area contributed by atoms with Gasteiger partial charge >= 0.3 is 0 Å². The minimum atomic E-state index is -0.211. The van der Waals surface area contributed by atoms with Crippen molar-refractivity contribution in [2.45, 2.75) is 26.3 Å². The molecule has 1 atom stereocenters. The molecule has 0 aliphatic heterocycles. The zero-order valence-electron chi connectivity index (χ0n) is 12.0. The molecule has 0 aliphatic rings. The van der Waals surface area contributed by atoms with E-state index in [-0.39, 0.29) is 17.8 Å². The molecule has 1 aromatic rings. The number of carbonyl (C=O) groups is 1. The lowest BCUT2D eigenvalue weighted by Crippen LogP contribution is -2.43. The summed E-state index contributed by atoms with van der Waals surface area (Å²) in [6, 6.07) is -0.0590. The third kappa shape index (κ3) is 4.29. The van der Waals surface area contributed by atoms with E-state index < -0.39 is 0 Å². The fourth-order valence-corrected chi connectivity index (χ4v) is 1.72. The van der Waals surface area contributed by atoms with Crippen LogP contribution in [0.5, 0.6) is 0 Å². The summed E-state index contributed by atoms with van der Waals surface area (Å²) in [6.45, 7) is 5.27. The van der Waals surface area contributed by atoms with Crippen LogP contribution < -0.4 is 0 Å². The number of carbonyl (C=O) groups excluding carboxylic acids is 1. The highest BCUT2D eigenvalue weighted by atomic mass is 16.5. The summed E-state index contributed by atoms with van der Waals surface area (Å²) < 4.78 is 10.1. The van der Waals surface area contributed by atoms with Crippen molar-refractivity contribution in [3.8, 4) is 0 Å². The van der Waals surface area contributed by atoms with Gasteiger partial charge < -0.3 is 14.4 Å². The molecular weight excluding hydrogens is 248 g/mol. The van der Waals surface area contributed by atoms with E-state index in [4.69, 9.17) is 9.47 Å². The molecule has 19 heavy (non-hydrogen) atoms. The molecule has 0 aliphatic carbocycles. The number of aromatic amines is 1. The number of H-pyrrole nitrogens is 1. The summed E-state index contributed by atoms with van der Waals surface area (Å²) in [7, 11) is 3.21. The first-order chi connectivity index (χ1) is 9.13. The van der Waals surface area contributed by atoms with E-state index >= 15 is 0 Å². The highest BCUT2D eigenvalue weighted by Crippen LogP contribution is 2.06. The van der Waals surface area contributed by atoms with Gasteiger partial charge in [-0.25, -0.2) is 4.98 Å².